The van der Waals surface area contributed by atoms with Crippen LogP contribution in [-0.4, -0.2) is 11.7 Å². The highest BCUT2D eigenvalue weighted by Gasteiger charge is 2.28. The largest absolute Gasteiger partial charge is 0.320 e. The Kier molecular flexibility index (Phi) is 3.27. The first kappa shape index (κ1) is 13.8. The molecule has 0 atom stereocenters. The van der Waals surface area contributed by atoms with Crippen molar-refractivity contribution in [3.63, 3.8) is 0 Å². The van der Waals surface area contributed by atoms with E-state index in [2.05, 4.69) is 83.2 Å². The Bertz CT molecular complexity index is 786. The van der Waals surface area contributed by atoms with Crippen LogP contribution in [0.3, 0.4) is 0 Å². The third-order valence-corrected chi connectivity index (χ3v) is 4.22. The number of nitrogens with zero attached hydrogens (tertiary/aromatic N) is 3. The van der Waals surface area contributed by atoms with Crippen LogP contribution in [0, 0.1) is 13.8 Å². The van der Waals surface area contributed by atoms with Crippen LogP contribution in [0.4, 0.5) is 22.9 Å². The molecular formula is C20H19N3. The molecule has 114 valence electrons. The molecule has 0 aliphatic carbocycles. The van der Waals surface area contributed by atoms with Crippen LogP contribution >= 0.6 is 0 Å². The molecule has 3 heteroatoms. The highest BCUT2D eigenvalue weighted by Crippen LogP contribution is 2.42. The lowest BCUT2D eigenvalue weighted by Crippen LogP contribution is -2.24. The van der Waals surface area contributed by atoms with Gasteiger partial charge in [0.1, 0.15) is 6.67 Å². The molecule has 0 saturated heterocycles. The van der Waals surface area contributed by atoms with Gasteiger partial charge in [-0.3, -0.25) is 0 Å². The quantitative estimate of drug-likeness (QED) is 0.668. The number of rotatable bonds is 2. The third-order valence-electron chi connectivity index (χ3n) is 4.22. The first-order chi connectivity index (χ1) is 11.2. The number of benzene rings is 2. The van der Waals surface area contributed by atoms with Crippen molar-refractivity contribution in [3.05, 3.63) is 78.0 Å². The van der Waals surface area contributed by atoms with Gasteiger partial charge in [0.05, 0.1) is 5.69 Å². The molecule has 0 N–H and O–H groups in total. The molecule has 1 aliphatic rings. The summed E-state index contributed by atoms with van der Waals surface area (Å²) >= 11 is 0. The zero-order chi connectivity index (χ0) is 15.8. The van der Waals surface area contributed by atoms with Crippen LogP contribution in [0.25, 0.3) is 0 Å². The van der Waals surface area contributed by atoms with E-state index in [0.717, 1.165) is 18.2 Å². The molecule has 4 rings (SSSR count). The van der Waals surface area contributed by atoms with Crippen LogP contribution in [0.1, 0.15) is 11.1 Å². The van der Waals surface area contributed by atoms with Gasteiger partial charge in [0.15, 0.2) is 5.82 Å². The topological polar surface area (TPSA) is 19.4 Å². The molecule has 1 aliphatic heterocycles. The van der Waals surface area contributed by atoms with Crippen molar-refractivity contribution in [3.8, 4) is 0 Å². The number of aryl methyl sites for hydroxylation is 2. The summed E-state index contributed by atoms with van der Waals surface area (Å²) < 4.78 is 0. The Morgan fingerprint density at radius 3 is 2.09 bits per heavy atom. The molecule has 0 amide bonds. The normalized spacial score (nSPS) is 13.3. The van der Waals surface area contributed by atoms with Crippen LogP contribution in [0.2, 0.25) is 0 Å². The van der Waals surface area contributed by atoms with Crippen molar-refractivity contribution in [2.45, 2.75) is 13.8 Å². The maximum atomic E-state index is 4.63. The zero-order valence-electron chi connectivity index (χ0n) is 13.4. The number of fused-ring (bicyclic) bond motifs is 1. The fourth-order valence-corrected chi connectivity index (χ4v) is 3.11. The van der Waals surface area contributed by atoms with Gasteiger partial charge >= 0.3 is 0 Å². The number of anilines is 4. The van der Waals surface area contributed by atoms with Gasteiger partial charge in [0, 0.05) is 17.6 Å². The molecule has 0 spiro atoms. The van der Waals surface area contributed by atoms with Crippen molar-refractivity contribution in [1.29, 1.82) is 0 Å². The summed E-state index contributed by atoms with van der Waals surface area (Å²) in [6.45, 7) is 5.03. The lowest BCUT2D eigenvalue weighted by Gasteiger charge is -2.22. The second kappa shape index (κ2) is 5.43. The van der Waals surface area contributed by atoms with E-state index >= 15 is 0 Å². The highest BCUT2D eigenvalue weighted by atomic mass is 15.4. The Hall–Kier alpha value is -2.81. The average molecular weight is 301 g/mol. The van der Waals surface area contributed by atoms with Crippen molar-refractivity contribution >= 4 is 22.9 Å². The van der Waals surface area contributed by atoms with Gasteiger partial charge in [-0.05, 0) is 61.4 Å². The van der Waals surface area contributed by atoms with Gasteiger partial charge in [0.25, 0.3) is 0 Å². The van der Waals surface area contributed by atoms with Gasteiger partial charge in [0.2, 0.25) is 0 Å². The fraction of sp³-hybridized carbons (Fsp3) is 0.150. The molecule has 0 saturated carbocycles. The Morgan fingerprint density at radius 2 is 1.43 bits per heavy atom. The van der Waals surface area contributed by atoms with Crippen LogP contribution in [0.5, 0.6) is 0 Å². The van der Waals surface area contributed by atoms with Crippen molar-refractivity contribution < 1.29 is 0 Å². The van der Waals surface area contributed by atoms with Crippen LogP contribution in [-0.2, 0) is 0 Å². The highest BCUT2D eigenvalue weighted by molar-refractivity contribution is 5.84. The van der Waals surface area contributed by atoms with Gasteiger partial charge in [-0.1, -0.05) is 24.3 Å². The van der Waals surface area contributed by atoms with E-state index in [0.29, 0.717) is 0 Å². The van der Waals surface area contributed by atoms with Crippen LogP contribution < -0.4 is 9.80 Å². The number of hydrogen-bond donors (Lipinski definition) is 0. The zero-order valence-corrected chi connectivity index (χ0v) is 13.4. The monoisotopic (exact) mass is 301 g/mol. The minimum absolute atomic E-state index is 0.777. The molecule has 0 radical (unpaired) electrons. The van der Waals surface area contributed by atoms with Gasteiger partial charge < -0.3 is 9.80 Å². The van der Waals surface area contributed by atoms with Crippen molar-refractivity contribution in [1.82, 2.24) is 4.98 Å². The van der Waals surface area contributed by atoms with Gasteiger partial charge in [-0.25, -0.2) is 4.98 Å². The molecule has 0 bridgehead atoms. The maximum absolute atomic E-state index is 4.63. The lowest BCUT2D eigenvalue weighted by molar-refractivity contribution is 0.979. The Morgan fingerprint density at radius 1 is 0.783 bits per heavy atom. The van der Waals surface area contributed by atoms with E-state index in [-0.39, 0.29) is 0 Å². The number of hydrogen-bond acceptors (Lipinski definition) is 3. The molecular weight excluding hydrogens is 282 g/mol. The first-order valence-corrected chi connectivity index (χ1v) is 7.86. The van der Waals surface area contributed by atoms with E-state index in [9.17, 15) is 0 Å². The summed E-state index contributed by atoms with van der Waals surface area (Å²) in [5, 5.41) is 0. The van der Waals surface area contributed by atoms with E-state index in [1.165, 1.54) is 22.5 Å². The summed E-state index contributed by atoms with van der Waals surface area (Å²) in [4.78, 5) is 9.21. The van der Waals surface area contributed by atoms with Crippen molar-refractivity contribution in [2.75, 3.05) is 16.5 Å². The third kappa shape index (κ3) is 2.44. The Balaban J connectivity index is 1.80. The second-order valence-corrected chi connectivity index (χ2v) is 6.02. The Labute approximate surface area is 136 Å². The van der Waals surface area contributed by atoms with E-state index in [1.807, 2.05) is 12.3 Å². The standard InChI is InChI=1S/C20H19N3/c1-15-6-3-8-17(12-15)22-14-23(18-9-4-7-16(2)13-18)20-19(22)10-5-11-21-20/h3-13H,14H2,1-2H3. The average Bonchev–Trinajstić information content (AvgIpc) is 2.95. The first-order valence-electron chi connectivity index (χ1n) is 7.86. The fourth-order valence-electron chi connectivity index (χ4n) is 3.11. The maximum Gasteiger partial charge on any atom is 0.158 e. The number of pyridine rings is 1. The summed E-state index contributed by atoms with van der Waals surface area (Å²) in [5.41, 5.74) is 6.06. The van der Waals surface area contributed by atoms with Crippen LogP contribution in [0.15, 0.2) is 66.9 Å². The minimum atomic E-state index is 0.777. The second-order valence-electron chi connectivity index (χ2n) is 6.02. The molecule has 2 aromatic carbocycles. The van der Waals surface area contributed by atoms with Gasteiger partial charge in [-0.15, -0.1) is 0 Å². The number of aromatic nitrogens is 1. The minimum Gasteiger partial charge on any atom is -0.320 e. The summed E-state index contributed by atoms with van der Waals surface area (Å²) in [6, 6.07) is 21.3. The van der Waals surface area contributed by atoms with E-state index in [4.69, 9.17) is 0 Å². The summed E-state index contributed by atoms with van der Waals surface area (Å²) in [6.07, 6.45) is 1.86. The summed E-state index contributed by atoms with van der Waals surface area (Å²) in [5.74, 6) is 1.01. The SMILES string of the molecule is Cc1cccc(N2CN(c3cccc(C)c3)c3ncccc32)c1. The molecule has 3 nitrogen and oxygen atoms in total. The molecule has 1 aromatic heterocycles. The molecule has 3 aromatic rings. The van der Waals surface area contributed by atoms with Crippen molar-refractivity contribution in [2.24, 2.45) is 0 Å². The molecule has 23 heavy (non-hydrogen) atoms. The van der Waals surface area contributed by atoms with E-state index in [1.54, 1.807) is 0 Å². The smallest absolute Gasteiger partial charge is 0.158 e. The van der Waals surface area contributed by atoms with E-state index < -0.39 is 0 Å². The lowest BCUT2D eigenvalue weighted by atomic mass is 10.2. The predicted octanol–water partition coefficient (Wildman–Crippen LogP) is 4.95. The van der Waals surface area contributed by atoms with Gasteiger partial charge in [-0.2, -0.15) is 0 Å². The summed E-state index contributed by atoms with van der Waals surface area (Å²) in [7, 11) is 0. The predicted molar refractivity (Wildman–Crippen MR) is 95.7 cm³/mol. The molecule has 0 fully saturated rings. The molecule has 2 heterocycles. The molecule has 0 unspecified atom stereocenters.